The van der Waals surface area contributed by atoms with Crippen LogP contribution in [-0.2, 0) is 9.59 Å². The highest BCUT2D eigenvalue weighted by molar-refractivity contribution is 6.10. The van der Waals surface area contributed by atoms with Gasteiger partial charge in [-0.2, -0.15) is 0 Å². The summed E-state index contributed by atoms with van der Waals surface area (Å²) in [5, 5.41) is 5.60. The monoisotopic (exact) mass is 343 g/mol. The van der Waals surface area contributed by atoms with E-state index in [9.17, 15) is 14.4 Å². The first kappa shape index (κ1) is 17.5. The van der Waals surface area contributed by atoms with Gasteiger partial charge in [0.05, 0.1) is 0 Å². The van der Waals surface area contributed by atoms with E-state index < -0.39 is 11.6 Å². The van der Waals surface area contributed by atoms with Crippen molar-refractivity contribution >= 4 is 23.5 Å². The second kappa shape index (κ2) is 6.17. The van der Waals surface area contributed by atoms with Gasteiger partial charge in [0.15, 0.2) is 0 Å². The van der Waals surface area contributed by atoms with Crippen LogP contribution < -0.4 is 10.6 Å². The van der Waals surface area contributed by atoms with Crippen LogP contribution in [0.15, 0.2) is 30.3 Å². The molecule has 1 aromatic rings. The van der Waals surface area contributed by atoms with Gasteiger partial charge in [-0.3, -0.25) is 14.5 Å². The fraction of sp³-hybridized carbons (Fsp3) is 0.526. The SMILES string of the molecule is CC1CC(C)(C)CC2(C1)NC(=O)N(CC(=O)Nc1ccccc1)C2=O. The quantitative estimate of drug-likeness (QED) is 0.828. The third-order valence-corrected chi connectivity index (χ3v) is 4.98. The molecule has 1 heterocycles. The van der Waals surface area contributed by atoms with Crippen LogP contribution in [0, 0.1) is 11.3 Å². The Morgan fingerprint density at radius 1 is 1.24 bits per heavy atom. The molecule has 1 saturated heterocycles. The Labute approximate surface area is 148 Å². The van der Waals surface area contributed by atoms with Crippen LogP contribution in [0.1, 0.15) is 40.0 Å². The van der Waals surface area contributed by atoms with Crippen molar-refractivity contribution in [3.8, 4) is 0 Å². The first-order valence-corrected chi connectivity index (χ1v) is 8.70. The summed E-state index contributed by atoms with van der Waals surface area (Å²) in [6.45, 7) is 6.08. The van der Waals surface area contributed by atoms with Crippen molar-refractivity contribution in [3.63, 3.8) is 0 Å². The Balaban J connectivity index is 1.72. The van der Waals surface area contributed by atoms with Gasteiger partial charge in [-0.05, 0) is 42.7 Å². The molecule has 2 aliphatic rings. The van der Waals surface area contributed by atoms with Crippen molar-refractivity contribution in [2.45, 2.75) is 45.6 Å². The largest absolute Gasteiger partial charge is 0.325 e. The van der Waals surface area contributed by atoms with Crippen molar-refractivity contribution in [2.75, 3.05) is 11.9 Å². The summed E-state index contributed by atoms with van der Waals surface area (Å²) >= 11 is 0. The maximum atomic E-state index is 13.0. The lowest BCUT2D eigenvalue weighted by Gasteiger charge is -2.43. The molecule has 0 radical (unpaired) electrons. The normalized spacial score (nSPS) is 28.1. The van der Waals surface area contributed by atoms with Crippen molar-refractivity contribution in [2.24, 2.45) is 11.3 Å². The Hall–Kier alpha value is -2.37. The van der Waals surface area contributed by atoms with Gasteiger partial charge in [-0.25, -0.2) is 4.79 Å². The molecule has 1 aliphatic carbocycles. The lowest BCUT2D eigenvalue weighted by atomic mass is 9.64. The molecule has 2 atom stereocenters. The number of amides is 4. The second-order valence-electron chi connectivity index (χ2n) is 8.17. The highest BCUT2D eigenvalue weighted by atomic mass is 16.2. The number of nitrogens with one attached hydrogen (secondary N) is 2. The molecular weight excluding hydrogens is 318 g/mol. The van der Waals surface area contributed by atoms with Crippen LogP contribution in [0.25, 0.3) is 0 Å². The highest BCUT2D eigenvalue weighted by Gasteiger charge is 2.56. The van der Waals surface area contributed by atoms with Crippen molar-refractivity contribution < 1.29 is 14.4 Å². The Bertz CT molecular complexity index is 701. The number of urea groups is 1. The summed E-state index contributed by atoms with van der Waals surface area (Å²) in [7, 11) is 0. The van der Waals surface area contributed by atoms with E-state index in [-0.39, 0.29) is 23.8 Å². The van der Waals surface area contributed by atoms with E-state index in [1.165, 1.54) is 0 Å². The summed E-state index contributed by atoms with van der Waals surface area (Å²) in [6, 6.07) is 8.52. The summed E-state index contributed by atoms with van der Waals surface area (Å²) in [5.74, 6) is -0.318. The molecule has 1 aliphatic heterocycles. The minimum absolute atomic E-state index is 0.0249. The predicted octanol–water partition coefficient (Wildman–Crippen LogP) is 2.76. The molecule has 25 heavy (non-hydrogen) atoms. The zero-order valence-corrected chi connectivity index (χ0v) is 15.0. The van der Waals surface area contributed by atoms with Gasteiger partial charge in [0.25, 0.3) is 5.91 Å². The van der Waals surface area contributed by atoms with E-state index >= 15 is 0 Å². The number of carbonyl (C=O) groups is 3. The number of hydrogen-bond donors (Lipinski definition) is 2. The van der Waals surface area contributed by atoms with E-state index in [1.807, 2.05) is 18.2 Å². The van der Waals surface area contributed by atoms with Crippen LogP contribution in [-0.4, -0.2) is 34.8 Å². The first-order chi connectivity index (χ1) is 11.7. The van der Waals surface area contributed by atoms with Gasteiger partial charge >= 0.3 is 6.03 Å². The molecule has 3 rings (SSSR count). The zero-order valence-electron chi connectivity index (χ0n) is 15.0. The Morgan fingerprint density at radius 2 is 1.92 bits per heavy atom. The lowest BCUT2D eigenvalue weighted by Crippen LogP contribution is -2.54. The number of imide groups is 1. The molecule has 1 aromatic carbocycles. The van der Waals surface area contributed by atoms with Crippen LogP contribution in [0.2, 0.25) is 0 Å². The van der Waals surface area contributed by atoms with E-state index in [0.717, 1.165) is 11.3 Å². The molecule has 0 aromatic heterocycles. The third kappa shape index (κ3) is 3.52. The minimum Gasteiger partial charge on any atom is -0.325 e. The Morgan fingerprint density at radius 3 is 2.56 bits per heavy atom. The summed E-state index contributed by atoms with van der Waals surface area (Å²) in [6.07, 6.45) is 2.25. The van der Waals surface area contributed by atoms with Gasteiger partial charge in [0.2, 0.25) is 5.91 Å². The summed E-state index contributed by atoms with van der Waals surface area (Å²) in [4.78, 5) is 38.6. The maximum absolute atomic E-state index is 13.0. The van der Waals surface area contributed by atoms with Crippen LogP contribution >= 0.6 is 0 Å². The molecular formula is C19H25N3O3. The van der Waals surface area contributed by atoms with Gasteiger partial charge < -0.3 is 10.6 Å². The van der Waals surface area contributed by atoms with Crippen molar-refractivity contribution in [1.29, 1.82) is 0 Å². The van der Waals surface area contributed by atoms with Gasteiger partial charge in [0.1, 0.15) is 12.1 Å². The molecule has 0 bridgehead atoms. The predicted molar refractivity (Wildman–Crippen MR) is 94.8 cm³/mol. The fourth-order valence-electron chi connectivity index (χ4n) is 4.52. The number of benzene rings is 1. The molecule has 1 saturated carbocycles. The van der Waals surface area contributed by atoms with Crippen LogP contribution in [0.3, 0.4) is 0 Å². The fourth-order valence-corrected chi connectivity index (χ4v) is 4.52. The number of rotatable bonds is 3. The molecule has 1 spiro atoms. The smallest absolute Gasteiger partial charge is 0.325 e. The second-order valence-corrected chi connectivity index (χ2v) is 8.17. The molecule has 134 valence electrons. The van der Waals surface area contributed by atoms with Gasteiger partial charge in [-0.15, -0.1) is 0 Å². The number of nitrogens with zero attached hydrogens (tertiary/aromatic N) is 1. The topological polar surface area (TPSA) is 78.5 Å². The molecule has 2 fully saturated rings. The lowest BCUT2D eigenvalue weighted by molar-refractivity contribution is -0.136. The molecule has 2 unspecified atom stereocenters. The number of hydrogen-bond acceptors (Lipinski definition) is 3. The minimum atomic E-state index is -0.870. The van der Waals surface area contributed by atoms with Crippen molar-refractivity contribution in [1.82, 2.24) is 10.2 Å². The highest BCUT2D eigenvalue weighted by Crippen LogP contribution is 2.46. The van der Waals surface area contributed by atoms with E-state index in [2.05, 4.69) is 31.4 Å². The molecule has 6 heteroatoms. The number of para-hydroxylation sites is 1. The third-order valence-electron chi connectivity index (χ3n) is 4.98. The first-order valence-electron chi connectivity index (χ1n) is 8.70. The van der Waals surface area contributed by atoms with Crippen LogP contribution in [0.5, 0.6) is 0 Å². The van der Waals surface area contributed by atoms with Crippen molar-refractivity contribution in [3.05, 3.63) is 30.3 Å². The number of anilines is 1. The number of carbonyl (C=O) groups excluding carboxylic acids is 3. The van der Waals surface area contributed by atoms with E-state index in [0.29, 0.717) is 24.4 Å². The summed E-state index contributed by atoms with van der Waals surface area (Å²) < 4.78 is 0. The standard InChI is InChI=1S/C19H25N3O3/c1-13-9-18(2,3)12-19(10-13)16(24)22(17(25)21-19)11-15(23)20-14-7-5-4-6-8-14/h4-8,13H,9-12H2,1-3H3,(H,20,23)(H,21,25). The molecule has 4 amide bonds. The average molecular weight is 343 g/mol. The summed E-state index contributed by atoms with van der Waals surface area (Å²) in [5.41, 5.74) is -0.254. The van der Waals surface area contributed by atoms with Crippen LogP contribution in [0.4, 0.5) is 10.5 Å². The van der Waals surface area contributed by atoms with E-state index in [1.54, 1.807) is 12.1 Å². The average Bonchev–Trinajstić information content (AvgIpc) is 2.70. The molecule has 6 nitrogen and oxygen atoms in total. The van der Waals surface area contributed by atoms with Gasteiger partial charge in [-0.1, -0.05) is 39.0 Å². The van der Waals surface area contributed by atoms with E-state index in [4.69, 9.17) is 0 Å². The Kier molecular flexibility index (Phi) is 4.31. The maximum Gasteiger partial charge on any atom is 0.325 e. The molecule has 2 N–H and O–H groups in total. The van der Waals surface area contributed by atoms with Gasteiger partial charge in [0, 0.05) is 5.69 Å². The zero-order chi connectivity index (χ0) is 18.2.